The van der Waals surface area contributed by atoms with Crippen LogP contribution in [-0.2, 0) is 4.79 Å². The number of hydrogen-bond acceptors (Lipinski definition) is 5. The Morgan fingerprint density at radius 1 is 1.04 bits per heavy atom. The summed E-state index contributed by atoms with van der Waals surface area (Å²) in [7, 11) is 0. The lowest BCUT2D eigenvalue weighted by atomic mass is 10.3. The van der Waals surface area contributed by atoms with Crippen LogP contribution in [0.15, 0.2) is 64.6 Å². The predicted molar refractivity (Wildman–Crippen MR) is 107 cm³/mol. The van der Waals surface area contributed by atoms with Crippen LogP contribution in [0.2, 0.25) is 0 Å². The Kier molecular flexibility index (Phi) is 6.26. The van der Waals surface area contributed by atoms with E-state index in [0.717, 1.165) is 16.3 Å². The molecule has 1 amide bonds. The van der Waals surface area contributed by atoms with Crippen molar-refractivity contribution < 1.29 is 13.9 Å². The first-order valence-electron chi connectivity index (χ1n) is 8.72. The number of amides is 1. The zero-order chi connectivity index (χ0) is 20.1. The van der Waals surface area contributed by atoms with E-state index in [1.807, 2.05) is 44.2 Å². The predicted octanol–water partition coefficient (Wildman–Crippen LogP) is 4.79. The van der Waals surface area contributed by atoms with Crippen molar-refractivity contribution in [1.82, 2.24) is 9.97 Å². The third kappa shape index (κ3) is 5.53. The molecule has 0 saturated heterocycles. The van der Waals surface area contributed by atoms with Crippen LogP contribution in [0, 0.1) is 19.7 Å². The molecule has 0 aliphatic carbocycles. The SMILES string of the molecule is Cc1cc(C)nc(Sc2ccc(NC(=O)C(C)Oc3ccc(F)cc3)cc2)n1. The third-order valence-electron chi connectivity index (χ3n) is 3.79. The summed E-state index contributed by atoms with van der Waals surface area (Å²) in [6.07, 6.45) is -0.719. The maximum absolute atomic E-state index is 12.9. The van der Waals surface area contributed by atoms with Gasteiger partial charge in [0.05, 0.1) is 0 Å². The van der Waals surface area contributed by atoms with Gasteiger partial charge in [-0.1, -0.05) is 0 Å². The molecule has 0 bridgehead atoms. The van der Waals surface area contributed by atoms with E-state index >= 15 is 0 Å². The number of hydrogen-bond donors (Lipinski definition) is 1. The van der Waals surface area contributed by atoms with E-state index < -0.39 is 6.10 Å². The molecule has 0 saturated carbocycles. The van der Waals surface area contributed by atoms with Crippen molar-refractivity contribution in [2.45, 2.75) is 36.9 Å². The molecule has 1 unspecified atom stereocenters. The molecule has 0 aliphatic rings. The number of anilines is 1. The van der Waals surface area contributed by atoms with Gasteiger partial charge in [0.1, 0.15) is 11.6 Å². The number of nitrogens with one attached hydrogen (secondary N) is 1. The van der Waals surface area contributed by atoms with Crippen molar-refractivity contribution in [2.75, 3.05) is 5.32 Å². The first kappa shape index (κ1) is 19.8. The van der Waals surface area contributed by atoms with Gasteiger partial charge in [-0.05, 0) is 87.1 Å². The molecule has 5 nitrogen and oxygen atoms in total. The second-order valence-electron chi connectivity index (χ2n) is 6.26. The van der Waals surface area contributed by atoms with Crippen LogP contribution in [0.3, 0.4) is 0 Å². The lowest BCUT2D eigenvalue weighted by Gasteiger charge is -2.15. The molecule has 1 aromatic heterocycles. The van der Waals surface area contributed by atoms with Crippen molar-refractivity contribution in [1.29, 1.82) is 0 Å². The van der Waals surface area contributed by atoms with Gasteiger partial charge in [-0.25, -0.2) is 14.4 Å². The Bertz CT molecular complexity index is 942. The van der Waals surface area contributed by atoms with Crippen molar-refractivity contribution in [3.63, 3.8) is 0 Å². The first-order valence-corrected chi connectivity index (χ1v) is 9.54. The van der Waals surface area contributed by atoms with Gasteiger partial charge >= 0.3 is 0 Å². The van der Waals surface area contributed by atoms with Crippen LogP contribution < -0.4 is 10.1 Å². The number of ether oxygens (including phenoxy) is 1. The van der Waals surface area contributed by atoms with E-state index in [1.165, 1.54) is 36.0 Å². The van der Waals surface area contributed by atoms with Crippen LogP contribution in [0.25, 0.3) is 0 Å². The highest BCUT2D eigenvalue weighted by Gasteiger charge is 2.15. The lowest BCUT2D eigenvalue weighted by Crippen LogP contribution is -2.30. The van der Waals surface area contributed by atoms with Crippen LogP contribution >= 0.6 is 11.8 Å². The Morgan fingerprint density at radius 2 is 1.64 bits per heavy atom. The minimum absolute atomic E-state index is 0.289. The summed E-state index contributed by atoms with van der Waals surface area (Å²) in [5.41, 5.74) is 2.51. The van der Waals surface area contributed by atoms with Gasteiger partial charge < -0.3 is 10.1 Å². The molecule has 3 aromatic rings. The number of rotatable bonds is 6. The number of nitrogens with zero attached hydrogens (tertiary/aromatic N) is 2. The Labute approximate surface area is 167 Å². The molecule has 3 rings (SSSR count). The Morgan fingerprint density at radius 3 is 2.25 bits per heavy atom. The smallest absolute Gasteiger partial charge is 0.265 e. The molecule has 0 fully saturated rings. The zero-order valence-electron chi connectivity index (χ0n) is 15.8. The fraction of sp³-hybridized carbons (Fsp3) is 0.190. The van der Waals surface area contributed by atoms with Crippen molar-refractivity contribution in [2.24, 2.45) is 0 Å². The van der Waals surface area contributed by atoms with E-state index in [-0.39, 0.29) is 11.7 Å². The van der Waals surface area contributed by atoms with Gasteiger partial charge in [-0.15, -0.1) is 0 Å². The first-order chi connectivity index (χ1) is 13.4. The molecular weight excluding hydrogens is 377 g/mol. The van der Waals surface area contributed by atoms with Gasteiger partial charge in [-0.3, -0.25) is 4.79 Å². The molecule has 2 aromatic carbocycles. The lowest BCUT2D eigenvalue weighted by molar-refractivity contribution is -0.122. The summed E-state index contributed by atoms with van der Waals surface area (Å²) in [6, 6.07) is 14.9. The van der Waals surface area contributed by atoms with E-state index in [0.29, 0.717) is 16.6 Å². The molecule has 0 aliphatic heterocycles. The Hall–Kier alpha value is -2.93. The topological polar surface area (TPSA) is 64.1 Å². The largest absolute Gasteiger partial charge is 0.481 e. The third-order valence-corrected chi connectivity index (χ3v) is 4.66. The van der Waals surface area contributed by atoms with Gasteiger partial charge in [0, 0.05) is 22.0 Å². The standard InChI is InChI=1S/C21H20FN3O2S/c1-13-12-14(2)24-21(23-13)28-19-10-6-17(7-11-19)25-20(26)15(3)27-18-8-4-16(22)5-9-18/h4-12,15H,1-3H3,(H,25,26). The quantitative estimate of drug-likeness (QED) is 0.606. The fourth-order valence-electron chi connectivity index (χ4n) is 2.47. The number of benzene rings is 2. The summed E-state index contributed by atoms with van der Waals surface area (Å²) in [5, 5.41) is 3.49. The van der Waals surface area contributed by atoms with Crippen LogP contribution in [0.1, 0.15) is 18.3 Å². The average Bonchev–Trinajstić information content (AvgIpc) is 2.64. The number of carbonyl (C=O) groups is 1. The van der Waals surface area contributed by atoms with Crippen LogP contribution in [0.5, 0.6) is 5.75 Å². The maximum atomic E-state index is 12.9. The summed E-state index contributed by atoms with van der Waals surface area (Å²) < 4.78 is 18.5. The molecule has 0 radical (unpaired) electrons. The maximum Gasteiger partial charge on any atom is 0.265 e. The van der Waals surface area contributed by atoms with Gasteiger partial charge in [0.15, 0.2) is 11.3 Å². The molecular formula is C21H20FN3O2S. The number of halogens is 1. The van der Waals surface area contributed by atoms with Gasteiger partial charge in [0.25, 0.3) is 5.91 Å². The monoisotopic (exact) mass is 397 g/mol. The number of aromatic nitrogens is 2. The van der Waals surface area contributed by atoms with Crippen molar-refractivity contribution >= 4 is 23.4 Å². The average molecular weight is 397 g/mol. The molecule has 28 heavy (non-hydrogen) atoms. The van der Waals surface area contributed by atoms with Crippen molar-refractivity contribution in [3.8, 4) is 5.75 Å². The molecule has 144 valence electrons. The second-order valence-corrected chi connectivity index (χ2v) is 7.30. The second kappa shape index (κ2) is 8.84. The summed E-state index contributed by atoms with van der Waals surface area (Å²) in [4.78, 5) is 22.1. The number of carbonyl (C=O) groups excluding carboxylic acids is 1. The fourth-order valence-corrected chi connectivity index (χ4v) is 3.33. The highest BCUT2D eigenvalue weighted by atomic mass is 32.2. The normalized spacial score (nSPS) is 11.7. The molecule has 1 atom stereocenters. The van der Waals surface area contributed by atoms with Crippen LogP contribution in [0.4, 0.5) is 10.1 Å². The van der Waals surface area contributed by atoms with E-state index in [9.17, 15) is 9.18 Å². The van der Waals surface area contributed by atoms with E-state index in [2.05, 4.69) is 15.3 Å². The molecule has 0 spiro atoms. The van der Waals surface area contributed by atoms with E-state index in [4.69, 9.17) is 4.74 Å². The summed E-state index contributed by atoms with van der Waals surface area (Å²) in [6.45, 7) is 5.51. The summed E-state index contributed by atoms with van der Waals surface area (Å²) in [5.74, 6) is -0.208. The van der Waals surface area contributed by atoms with Gasteiger partial charge in [-0.2, -0.15) is 0 Å². The van der Waals surface area contributed by atoms with Gasteiger partial charge in [0.2, 0.25) is 0 Å². The summed E-state index contributed by atoms with van der Waals surface area (Å²) >= 11 is 1.46. The van der Waals surface area contributed by atoms with Crippen molar-refractivity contribution in [3.05, 3.63) is 71.8 Å². The molecule has 1 N–H and O–H groups in total. The van der Waals surface area contributed by atoms with Crippen LogP contribution in [-0.4, -0.2) is 22.0 Å². The highest BCUT2D eigenvalue weighted by Crippen LogP contribution is 2.26. The highest BCUT2D eigenvalue weighted by molar-refractivity contribution is 7.99. The minimum Gasteiger partial charge on any atom is -0.481 e. The van der Waals surface area contributed by atoms with E-state index in [1.54, 1.807) is 6.92 Å². The number of aryl methyl sites for hydroxylation is 2. The minimum atomic E-state index is -0.719. The molecule has 1 heterocycles. The molecule has 7 heteroatoms. The zero-order valence-corrected chi connectivity index (χ0v) is 16.6. The Balaban J connectivity index is 1.58.